The first-order valence-electron chi connectivity index (χ1n) is 4.82. The lowest BCUT2D eigenvalue weighted by atomic mass is 9.74. The predicted octanol–water partition coefficient (Wildman–Crippen LogP) is 3.10. The quantitative estimate of drug-likeness (QED) is 0.616. The number of Topliss-reactive ketones (excluding diaryl/α,β-unsaturated/α-hetero) is 1. The number of hydrogen-bond acceptors (Lipinski definition) is 1. The van der Waals surface area contributed by atoms with Gasteiger partial charge in [-0.25, -0.2) is 0 Å². The molecule has 0 heterocycles. The molecule has 0 saturated carbocycles. The predicted molar refractivity (Wildman–Crippen MR) is 51.0 cm³/mol. The van der Waals surface area contributed by atoms with Crippen LogP contribution in [0.5, 0.6) is 0 Å². The molecule has 1 nitrogen and oxygen atoms in total. The topological polar surface area (TPSA) is 17.1 Å². The Morgan fingerprint density at radius 3 is 2.75 bits per heavy atom. The summed E-state index contributed by atoms with van der Waals surface area (Å²) in [6.07, 6.45) is 6.26. The summed E-state index contributed by atoms with van der Waals surface area (Å²) in [5.74, 6) is 0.333. The van der Waals surface area contributed by atoms with Gasteiger partial charge in [0.2, 0.25) is 0 Å². The van der Waals surface area contributed by atoms with Crippen molar-refractivity contribution in [3.8, 4) is 0 Å². The molecule has 1 aliphatic carbocycles. The van der Waals surface area contributed by atoms with Gasteiger partial charge in [-0.2, -0.15) is 0 Å². The fourth-order valence-electron chi connectivity index (χ4n) is 1.88. The third kappa shape index (κ3) is 1.77. The molecule has 0 amide bonds. The van der Waals surface area contributed by atoms with Crippen molar-refractivity contribution in [2.24, 2.45) is 5.41 Å². The van der Waals surface area contributed by atoms with Crippen molar-refractivity contribution < 1.29 is 4.79 Å². The van der Waals surface area contributed by atoms with E-state index in [2.05, 4.69) is 19.9 Å². The molecule has 1 aliphatic rings. The van der Waals surface area contributed by atoms with Crippen LogP contribution in [-0.2, 0) is 4.79 Å². The molecule has 0 aromatic heterocycles. The molecule has 0 saturated heterocycles. The molecule has 0 bridgehead atoms. The smallest absolute Gasteiger partial charge is 0.158 e. The van der Waals surface area contributed by atoms with Gasteiger partial charge in [0.1, 0.15) is 0 Å². The highest BCUT2D eigenvalue weighted by atomic mass is 16.1. The third-order valence-electron chi connectivity index (χ3n) is 2.71. The minimum atomic E-state index is 0.130. The first-order chi connectivity index (χ1) is 5.58. The number of rotatable bonds is 2. The second-order valence-corrected chi connectivity index (χ2v) is 4.17. The van der Waals surface area contributed by atoms with Crippen LogP contribution in [0.3, 0.4) is 0 Å². The molecule has 1 heteroatoms. The zero-order chi connectivity index (χ0) is 9.19. The van der Waals surface area contributed by atoms with Crippen LogP contribution >= 0.6 is 0 Å². The van der Waals surface area contributed by atoms with Crippen molar-refractivity contribution in [1.82, 2.24) is 0 Å². The van der Waals surface area contributed by atoms with Gasteiger partial charge in [-0.15, -0.1) is 0 Å². The van der Waals surface area contributed by atoms with E-state index in [-0.39, 0.29) is 5.41 Å². The van der Waals surface area contributed by atoms with Gasteiger partial charge in [-0.1, -0.05) is 26.8 Å². The van der Waals surface area contributed by atoms with Gasteiger partial charge in [0.15, 0.2) is 5.78 Å². The van der Waals surface area contributed by atoms with Crippen molar-refractivity contribution >= 4 is 5.78 Å². The molecule has 1 rings (SSSR count). The molecule has 0 spiro atoms. The van der Waals surface area contributed by atoms with Gasteiger partial charge in [0.25, 0.3) is 0 Å². The van der Waals surface area contributed by atoms with E-state index in [9.17, 15) is 4.79 Å². The van der Waals surface area contributed by atoms with Gasteiger partial charge in [0, 0.05) is 6.42 Å². The van der Waals surface area contributed by atoms with Gasteiger partial charge in [-0.05, 0) is 30.3 Å². The summed E-state index contributed by atoms with van der Waals surface area (Å²) >= 11 is 0. The van der Waals surface area contributed by atoms with Crippen molar-refractivity contribution in [2.75, 3.05) is 0 Å². The average Bonchev–Trinajstić information content (AvgIpc) is 2.02. The second-order valence-electron chi connectivity index (χ2n) is 4.17. The molecule has 0 atom stereocenters. The average molecular weight is 166 g/mol. The lowest BCUT2D eigenvalue weighted by Gasteiger charge is -2.30. The van der Waals surface area contributed by atoms with E-state index in [1.165, 1.54) is 6.42 Å². The maximum atomic E-state index is 11.5. The molecule has 68 valence electrons. The SMILES string of the molecule is CCC(=O)C1=CCCCC1(C)C. The van der Waals surface area contributed by atoms with Gasteiger partial charge >= 0.3 is 0 Å². The normalized spacial score (nSPS) is 21.8. The van der Waals surface area contributed by atoms with Crippen LogP contribution < -0.4 is 0 Å². The second kappa shape index (κ2) is 3.42. The van der Waals surface area contributed by atoms with Crippen LogP contribution in [0, 0.1) is 5.41 Å². The van der Waals surface area contributed by atoms with E-state index >= 15 is 0 Å². The summed E-state index contributed by atoms with van der Waals surface area (Å²) in [4.78, 5) is 11.5. The van der Waals surface area contributed by atoms with Crippen LogP contribution in [0.2, 0.25) is 0 Å². The molecule has 0 aromatic carbocycles. The van der Waals surface area contributed by atoms with Crippen LogP contribution in [0.25, 0.3) is 0 Å². The summed E-state index contributed by atoms with van der Waals surface area (Å²) in [5.41, 5.74) is 1.20. The molecule has 0 unspecified atom stereocenters. The minimum Gasteiger partial charge on any atom is -0.295 e. The Bertz CT molecular complexity index is 211. The molecule has 0 aromatic rings. The number of ketones is 1. The molecule has 0 N–H and O–H groups in total. The van der Waals surface area contributed by atoms with Crippen LogP contribution in [0.15, 0.2) is 11.6 Å². The monoisotopic (exact) mass is 166 g/mol. The number of carbonyl (C=O) groups is 1. The van der Waals surface area contributed by atoms with E-state index in [1.54, 1.807) is 0 Å². The molecular weight excluding hydrogens is 148 g/mol. The van der Waals surface area contributed by atoms with E-state index in [4.69, 9.17) is 0 Å². The molecule has 0 aliphatic heterocycles. The largest absolute Gasteiger partial charge is 0.295 e. The van der Waals surface area contributed by atoms with E-state index in [0.717, 1.165) is 18.4 Å². The Balaban J connectivity index is 2.85. The highest BCUT2D eigenvalue weighted by Crippen LogP contribution is 2.37. The molecule has 0 fully saturated rings. The van der Waals surface area contributed by atoms with Crippen molar-refractivity contribution in [2.45, 2.75) is 46.5 Å². The lowest BCUT2D eigenvalue weighted by molar-refractivity contribution is -0.116. The standard InChI is InChI=1S/C11H18O/c1-4-10(12)9-7-5-6-8-11(9,2)3/h7H,4-6,8H2,1-3H3. The fourth-order valence-corrected chi connectivity index (χ4v) is 1.88. The first-order valence-corrected chi connectivity index (χ1v) is 4.82. The molecular formula is C11H18O. The first kappa shape index (κ1) is 9.50. The molecule has 0 radical (unpaired) electrons. The highest BCUT2D eigenvalue weighted by Gasteiger charge is 2.28. The van der Waals surface area contributed by atoms with E-state index in [1.807, 2.05) is 6.92 Å². The maximum Gasteiger partial charge on any atom is 0.158 e. The van der Waals surface area contributed by atoms with E-state index < -0.39 is 0 Å². The number of hydrogen-bond donors (Lipinski definition) is 0. The van der Waals surface area contributed by atoms with Crippen molar-refractivity contribution in [3.63, 3.8) is 0 Å². The Morgan fingerprint density at radius 1 is 1.58 bits per heavy atom. The zero-order valence-corrected chi connectivity index (χ0v) is 8.31. The maximum absolute atomic E-state index is 11.5. The summed E-state index contributed by atoms with van der Waals surface area (Å²) < 4.78 is 0. The van der Waals surface area contributed by atoms with Crippen LogP contribution in [0.1, 0.15) is 46.5 Å². The van der Waals surface area contributed by atoms with E-state index in [0.29, 0.717) is 12.2 Å². The summed E-state index contributed by atoms with van der Waals surface area (Å²) in [5, 5.41) is 0. The third-order valence-corrected chi connectivity index (χ3v) is 2.71. The number of allylic oxidation sites excluding steroid dienone is 2. The van der Waals surface area contributed by atoms with Gasteiger partial charge in [0.05, 0.1) is 0 Å². The Labute approximate surface area is 74.9 Å². The Morgan fingerprint density at radius 2 is 2.25 bits per heavy atom. The van der Waals surface area contributed by atoms with Gasteiger partial charge < -0.3 is 0 Å². The van der Waals surface area contributed by atoms with Crippen LogP contribution in [0.4, 0.5) is 0 Å². The summed E-state index contributed by atoms with van der Waals surface area (Å²) in [7, 11) is 0. The Hall–Kier alpha value is -0.590. The van der Waals surface area contributed by atoms with Crippen molar-refractivity contribution in [3.05, 3.63) is 11.6 Å². The van der Waals surface area contributed by atoms with Crippen LogP contribution in [-0.4, -0.2) is 5.78 Å². The lowest BCUT2D eigenvalue weighted by Crippen LogP contribution is -2.23. The fraction of sp³-hybridized carbons (Fsp3) is 0.727. The van der Waals surface area contributed by atoms with Gasteiger partial charge in [-0.3, -0.25) is 4.79 Å². The summed E-state index contributed by atoms with van der Waals surface area (Å²) in [6.45, 7) is 6.28. The Kier molecular flexibility index (Phi) is 2.71. The minimum absolute atomic E-state index is 0.130. The highest BCUT2D eigenvalue weighted by molar-refractivity contribution is 5.96. The molecule has 12 heavy (non-hydrogen) atoms. The number of carbonyl (C=O) groups excluding carboxylic acids is 1. The summed E-state index contributed by atoms with van der Waals surface area (Å²) in [6, 6.07) is 0. The van der Waals surface area contributed by atoms with Crippen molar-refractivity contribution in [1.29, 1.82) is 0 Å². The zero-order valence-electron chi connectivity index (χ0n) is 8.31.